The molecule has 0 aliphatic rings. The van der Waals surface area contributed by atoms with Crippen LogP contribution in [0.5, 0.6) is 0 Å². The Morgan fingerprint density at radius 1 is 1.19 bits per heavy atom. The van der Waals surface area contributed by atoms with E-state index in [2.05, 4.69) is 54.5 Å². The Bertz CT molecular complexity index is 573. The SMILES string of the molecule is CCCNC(C)c1nnc(N(C)c2cc(C)cc(C)c2)o1. The van der Waals surface area contributed by atoms with Crippen molar-refractivity contribution in [3.05, 3.63) is 35.2 Å². The Morgan fingerprint density at radius 2 is 1.86 bits per heavy atom. The van der Waals surface area contributed by atoms with Crippen molar-refractivity contribution in [1.29, 1.82) is 0 Å². The van der Waals surface area contributed by atoms with Gasteiger partial charge in [-0.15, -0.1) is 5.10 Å². The minimum atomic E-state index is 0.0684. The molecular weight excluding hydrogens is 264 g/mol. The highest BCUT2D eigenvalue weighted by molar-refractivity contribution is 5.57. The Morgan fingerprint density at radius 3 is 2.48 bits per heavy atom. The van der Waals surface area contributed by atoms with Crippen LogP contribution in [0.4, 0.5) is 11.7 Å². The first-order chi connectivity index (χ1) is 10.0. The van der Waals surface area contributed by atoms with Crippen LogP contribution < -0.4 is 10.2 Å². The van der Waals surface area contributed by atoms with Crippen molar-refractivity contribution < 1.29 is 4.42 Å². The lowest BCUT2D eigenvalue weighted by molar-refractivity contribution is 0.420. The van der Waals surface area contributed by atoms with Gasteiger partial charge in [-0.3, -0.25) is 4.90 Å². The monoisotopic (exact) mass is 288 g/mol. The summed E-state index contributed by atoms with van der Waals surface area (Å²) in [6.45, 7) is 9.27. The molecule has 0 saturated heterocycles. The number of hydrogen-bond donors (Lipinski definition) is 1. The third kappa shape index (κ3) is 3.82. The van der Waals surface area contributed by atoms with Crippen LogP contribution in [-0.4, -0.2) is 23.8 Å². The van der Waals surface area contributed by atoms with Gasteiger partial charge in [-0.05, 0) is 57.0 Å². The van der Waals surface area contributed by atoms with Crippen LogP contribution in [0.25, 0.3) is 0 Å². The van der Waals surface area contributed by atoms with Crippen LogP contribution in [0.1, 0.15) is 43.3 Å². The van der Waals surface area contributed by atoms with Gasteiger partial charge in [0.25, 0.3) is 0 Å². The van der Waals surface area contributed by atoms with Gasteiger partial charge < -0.3 is 9.73 Å². The predicted octanol–water partition coefficient (Wildman–Crippen LogP) is 3.51. The highest BCUT2D eigenvalue weighted by Crippen LogP contribution is 2.25. The molecular formula is C16H24N4O. The molecule has 1 aromatic heterocycles. The summed E-state index contributed by atoms with van der Waals surface area (Å²) in [6, 6.07) is 6.94. The zero-order chi connectivity index (χ0) is 15.4. The molecule has 0 fully saturated rings. The number of aryl methyl sites for hydroxylation is 2. The Hall–Kier alpha value is -1.88. The maximum atomic E-state index is 5.78. The normalized spacial score (nSPS) is 12.4. The molecule has 0 spiro atoms. The zero-order valence-corrected chi connectivity index (χ0v) is 13.5. The fraction of sp³-hybridized carbons (Fsp3) is 0.500. The maximum absolute atomic E-state index is 5.78. The molecule has 0 amide bonds. The molecule has 2 aromatic rings. The molecule has 1 atom stereocenters. The Balaban J connectivity index is 2.16. The highest BCUT2D eigenvalue weighted by Gasteiger charge is 2.16. The van der Waals surface area contributed by atoms with Crippen LogP contribution >= 0.6 is 0 Å². The standard InChI is InChI=1S/C16H24N4O/c1-6-7-17-13(4)15-18-19-16(21-15)20(5)14-9-11(2)8-12(3)10-14/h8-10,13,17H,6-7H2,1-5H3. The minimum absolute atomic E-state index is 0.0684. The maximum Gasteiger partial charge on any atom is 0.322 e. The number of benzene rings is 1. The molecule has 0 aliphatic carbocycles. The average Bonchev–Trinajstić information content (AvgIpc) is 2.92. The summed E-state index contributed by atoms with van der Waals surface area (Å²) >= 11 is 0. The summed E-state index contributed by atoms with van der Waals surface area (Å²) in [4.78, 5) is 1.92. The third-order valence-electron chi connectivity index (χ3n) is 3.38. The first-order valence-electron chi connectivity index (χ1n) is 7.40. The second-order valence-corrected chi connectivity index (χ2v) is 5.50. The molecule has 1 aromatic carbocycles. The van der Waals surface area contributed by atoms with E-state index in [0.717, 1.165) is 18.7 Å². The number of aromatic nitrogens is 2. The van der Waals surface area contributed by atoms with Crippen molar-refractivity contribution in [2.75, 3.05) is 18.5 Å². The lowest BCUT2D eigenvalue weighted by Gasteiger charge is -2.15. The number of rotatable bonds is 6. The highest BCUT2D eigenvalue weighted by atomic mass is 16.4. The van der Waals surface area contributed by atoms with Gasteiger partial charge in [0.1, 0.15) is 0 Å². The average molecular weight is 288 g/mol. The Kier molecular flexibility index (Phi) is 4.96. The van der Waals surface area contributed by atoms with Crippen LogP contribution in [0.2, 0.25) is 0 Å². The van der Waals surface area contributed by atoms with Crippen LogP contribution in [0, 0.1) is 13.8 Å². The fourth-order valence-corrected chi connectivity index (χ4v) is 2.24. The van der Waals surface area contributed by atoms with E-state index in [1.807, 2.05) is 18.9 Å². The molecule has 1 N–H and O–H groups in total. The Labute approximate surface area is 126 Å². The minimum Gasteiger partial charge on any atom is -0.406 e. The summed E-state index contributed by atoms with van der Waals surface area (Å²) in [5, 5.41) is 11.6. The first kappa shape index (κ1) is 15.5. The summed E-state index contributed by atoms with van der Waals surface area (Å²) < 4.78 is 5.78. The molecule has 0 aliphatic heterocycles. The van der Waals surface area contributed by atoms with Crippen LogP contribution in [0.3, 0.4) is 0 Å². The van der Waals surface area contributed by atoms with Gasteiger partial charge in [0.05, 0.1) is 6.04 Å². The smallest absolute Gasteiger partial charge is 0.322 e. The van der Waals surface area contributed by atoms with Crippen molar-refractivity contribution in [2.45, 2.75) is 40.2 Å². The topological polar surface area (TPSA) is 54.2 Å². The number of nitrogens with one attached hydrogen (secondary N) is 1. The largest absolute Gasteiger partial charge is 0.406 e. The molecule has 2 rings (SSSR count). The lowest BCUT2D eigenvalue weighted by Crippen LogP contribution is -2.19. The predicted molar refractivity (Wildman–Crippen MR) is 85.0 cm³/mol. The zero-order valence-electron chi connectivity index (χ0n) is 13.5. The molecule has 1 heterocycles. The molecule has 0 radical (unpaired) electrons. The van der Waals surface area contributed by atoms with Crippen molar-refractivity contribution in [3.8, 4) is 0 Å². The van der Waals surface area contributed by atoms with E-state index in [4.69, 9.17) is 4.42 Å². The van der Waals surface area contributed by atoms with Gasteiger partial charge in [-0.2, -0.15) is 0 Å². The van der Waals surface area contributed by atoms with Gasteiger partial charge in [0.2, 0.25) is 5.89 Å². The molecule has 5 heteroatoms. The van der Waals surface area contributed by atoms with E-state index < -0.39 is 0 Å². The van der Waals surface area contributed by atoms with Crippen molar-refractivity contribution in [1.82, 2.24) is 15.5 Å². The number of hydrogen-bond acceptors (Lipinski definition) is 5. The van der Waals surface area contributed by atoms with Crippen LogP contribution in [-0.2, 0) is 0 Å². The van der Waals surface area contributed by atoms with Gasteiger partial charge in [-0.25, -0.2) is 0 Å². The van der Waals surface area contributed by atoms with Gasteiger partial charge in [0, 0.05) is 12.7 Å². The molecule has 114 valence electrons. The second-order valence-electron chi connectivity index (χ2n) is 5.50. The van der Waals surface area contributed by atoms with Gasteiger partial charge in [0.15, 0.2) is 0 Å². The summed E-state index contributed by atoms with van der Waals surface area (Å²) in [5.41, 5.74) is 3.49. The summed E-state index contributed by atoms with van der Waals surface area (Å²) in [6.07, 6.45) is 1.08. The van der Waals surface area contributed by atoms with Crippen LogP contribution in [0.15, 0.2) is 22.6 Å². The van der Waals surface area contributed by atoms with Gasteiger partial charge in [-0.1, -0.05) is 18.1 Å². The number of anilines is 2. The second kappa shape index (κ2) is 6.72. The number of nitrogens with zero attached hydrogens (tertiary/aromatic N) is 3. The van der Waals surface area contributed by atoms with Crippen molar-refractivity contribution >= 4 is 11.7 Å². The van der Waals surface area contributed by atoms with Gasteiger partial charge >= 0.3 is 6.01 Å². The van der Waals surface area contributed by atoms with Crippen molar-refractivity contribution in [2.24, 2.45) is 0 Å². The van der Waals surface area contributed by atoms with E-state index in [1.54, 1.807) is 0 Å². The third-order valence-corrected chi connectivity index (χ3v) is 3.38. The lowest BCUT2D eigenvalue weighted by atomic mass is 10.1. The van der Waals surface area contributed by atoms with E-state index in [9.17, 15) is 0 Å². The summed E-state index contributed by atoms with van der Waals surface area (Å²) in [5.74, 6) is 0.620. The van der Waals surface area contributed by atoms with E-state index >= 15 is 0 Å². The molecule has 5 nitrogen and oxygen atoms in total. The molecule has 1 unspecified atom stereocenters. The van der Waals surface area contributed by atoms with E-state index in [1.165, 1.54) is 11.1 Å². The fourth-order valence-electron chi connectivity index (χ4n) is 2.24. The van der Waals surface area contributed by atoms with E-state index in [0.29, 0.717) is 11.9 Å². The van der Waals surface area contributed by atoms with Crippen molar-refractivity contribution in [3.63, 3.8) is 0 Å². The molecule has 21 heavy (non-hydrogen) atoms. The quantitative estimate of drug-likeness (QED) is 0.881. The summed E-state index contributed by atoms with van der Waals surface area (Å²) in [7, 11) is 1.94. The molecule has 0 bridgehead atoms. The van der Waals surface area contributed by atoms with E-state index in [-0.39, 0.29) is 6.04 Å². The molecule has 0 saturated carbocycles. The first-order valence-corrected chi connectivity index (χ1v) is 7.40.